The Morgan fingerprint density at radius 1 is 1.18 bits per heavy atom. The zero-order valence-corrected chi connectivity index (χ0v) is 14.0. The van der Waals surface area contributed by atoms with Gasteiger partial charge in [-0.15, -0.1) is 0 Å². The van der Waals surface area contributed by atoms with E-state index in [0.717, 1.165) is 11.1 Å². The highest BCUT2D eigenvalue weighted by molar-refractivity contribution is 7.93. The Bertz CT molecular complexity index is 825. The van der Waals surface area contributed by atoms with Gasteiger partial charge in [-0.3, -0.25) is 0 Å². The molecule has 0 aromatic heterocycles. The van der Waals surface area contributed by atoms with Crippen LogP contribution >= 0.6 is 0 Å². The lowest BCUT2D eigenvalue weighted by Crippen LogP contribution is -2.38. The molecular weight excluding hydrogens is 322 g/mol. The molecule has 0 spiro atoms. The molecule has 0 N–H and O–H groups in total. The van der Waals surface area contributed by atoms with Gasteiger partial charge in [-0.2, -0.15) is 4.31 Å². The first kappa shape index (κ1) is 15.7. The van der Waals surface area contributed by atoms with Gasteiger partial charge in [0.15, 0.2) is 9.84 Å². The number of hydrogen-bond acceptors (Lipinski definition) is 4. The normalized spacial score (nSPS) is 24.1. The van der Waals surface area contributed by atoms with E-state index in [0.29, 0.717) is 24.2 Å². The number of rotatable bonds is 3. The van der Waals surface area contributed by atoms with Crippen molar-refractivity contribution >= 4 is 25.9 Å². The molecule has 1 saturated heterocycles. The van der Waals surface area contributed by atoms with Crippen LogP contribution in [0.5, 0.6) is 0 Å². The van der Waals surface area contributed by atoms with Crippen LogP contribution in [0.4, 0.5) is 0 Å². The van der Waals surface area contributed by atoms with Gasteiger partial charge in [0, 0.05) is 13.1 Å². The number of sulfonamides is 1. The molecule has 1 atom stereocenters. The minimum Gasteiger partial charge on any atom is -0.229 e. The summed E-state index contributed by atoms with van der Waals surface area (Å²) in [4.78, 5) is 0.373. The van der Waals surface area contributed by atoms with Crippen LogP contribution in [0.1, 0.15) is 24.0 Å². The molecule has 1 fully saturated rings. The molecule has 7 heteroatoms. The van der Waals surface area contributed by atoms with Gasteiger partial charge in [-0.25, -0.2) is 16.8 Å². The van der Waals surface area contributed by atoms with Crippen LogP contribution in [-0.2, 0) is 26.3 Å². The first-order valence-electron chi connectivity index (χ1n) is 7.26. The fourth-order valence-electron chi connectivity index (χ4n) is 3.05. The topological polar surface area (TPSA) is 71.5 Å². The monoisotopic (exact) mass is 341 g/mol. The Balaban J connectivity index is 1.89. The lowest BCUT2D eigenvalue weighted by molar-refractivity contribution is 0.397. The molecule has 0 amide bonds. The van der Waals surface area contributed by atoms with Crippen molar-refractivity contribution in [1.82, 2.24) is 4.31 Å². The molecular formula is C15H19NO4S2. The molecule has 22 heavy (non-hydrogen) atoms. The molecule has 2 aliphatic rings. The zero-order chi connectivity index (χ0) is 16.0. The molecule has 120 valence electrons. The lowest BCUT2D eigenvalue weighted by Gasteiger charge is -2.26. The van der Waals surface area contributed by atoms with Crippen LogP contribution in [0.3, 0.4) is 0 Å². The predicted molar refractivity (Wildman–Crippen MR) is 86.5 cm³/mol. The minimum absolute atomic E-state index is 0.0689. The van der Waals surface area contributed by atoms with E-state index in [-0.39, 0.29) is 11.5 Å². The second-order valence-corrected chi connectivity index (χ2v) is 10.2. The Morgan fingerprint density at radius 2 is 1.91 bits per heavy atom. The van der Waals surface area contributed by atoms with Gasteiger partial charge in [0.05, 0.1) is 16.4 Å². The van der Waals surface area contributed by atoms with Crippen LogP contribution in [0.2, 0.25) is 0 Å². The quantitative estimate of drug-likeness (QED) is 0.834. The van der Waals surface area contributed by atoms with Crippen molar-refractivity contribution in [1.29, 1.82) is 0 Å². The Hall–Kier alpha value is -1.18. The van der Waals surface area contributed by atoms with E-state index in [9.17, 15) is 16.8 Å². The summed E-state index contributed by atoms with van der Waals surface area (Å²) in [6, 6.07) is 7.29. The van der Waals surface area contributed by atoms with Crippen LogP contribution in [-0.4, -0.2) is 45.7 Å². The van der Waals surface area contributed by atoms with E-state index in [2.05, 4.69) is 0 Å². The average molecular weight is 341 g/mol. The van der Waals surface area contributed by atoms with Gasteiger partial charge < -0.3 is 0 Å². The summed E-state index contributed by atoms with van der Waals surface area (Å²) in [5.74, 6) is -0.00793. The number of aryl methyl sites for hydroxylation is 1. The molecule has 1 heterocycles. The summed E-state index contributed by atoms with van der Waals surface area (Å²) in [5.41, 5.74) is 2.08. The Morgan fingerprint density at radius 3 is 2.59 bits per heavy atom. The van der Waals surface area contributed by atoms with Gasteiger partial charge in [-0.1, -0.05) is 24.3 Å². The molecule has 0 bridgehead atoms. The third kappa shape index (κ3) is 2.85. The van der Waals surface area contributed by atoms with Gasteiger partial charge in [-0.05, 0) is 36.5 Å². The molecule has 0 unspecified atom stereocenters. The van der Waals surface area contributed by atoms with Gasteiger partial charge in [0.2, 0.25) is 10.0 Å². The molecule has 1 aromatic carbocycles. The van der Waals surface area contributed by atoms with Crippen molar-refractivity contribution in [2.75, 3.05) is 18.6 Å². The highest BCUT2D eigenvalue weighted by atomic mass is 32.2. The summed E-state index contributed by atoms with van der Waals surface area (Å²) in [7, 11) is -5.23. The van der Waals surface area contributed by atoms with Crippen LogP contribution in [0, 0.1) is 0 Å². The summed E-state index contributed by atoms with van der Waals surface area (Å²) in [5, 5.41) is 0. The predicted octanol–water partition coefficient (Wildman–Crippen LogP) is 1.42. The van der Waals surface area contributed by atoms with Crippen molar-refractivity contribution in [2.45, 2.75) is 25.3 Å². The van der Waals surface area contributed by atoms with Crippen molar-refractivity contribution in [3.05, 3.63) is 40.3 Å². The fraction of sp³-hybridized carbons (Fsp3) is 0.467. The maximum Gasteiger partial charge on any atom is 0.239 e. The van der Waals surface area contributed by atoms with Crippen LogP contribution in [0.15, 0.2) is 29.2 Å². The summed E-state index contributed by atoms with van der Waals surface area (Å²) >= 11 is 0. The van der Waals surface area contributed by atoms with E-state index >= 15 is 0 Å². The number of sulfone groups is 1. The standard InChI is InChI=1S/C15H19NO4S2/c1-16(14-8-9-21(17,18)11-14)22(19,20)15-7-6-12-4-2-3-5-13(12)10-15/h2-5,10,14H,6-9,11H2,1H3/t14-/m1/s1. The summed E-state index contributed by atoms with van der Waals surface area (Å²) < 4.78 is 49.9. The van der Waals surface area contributed by atoms with E-state index in [1.165, 1.54) is 11.4 Å². The van der Waals surface area contributed by atoms with E-state index < -0.39 is 25.9 Å². The maximum absolute atomic E-state index is 12.8. The smallest absolute Gasteiger partial charge is 0.229 e. The second kappa shape index (κ2) is 5.47. The minimum atomic E-state index is -3.61. The first-order valence-corrected chi connectivity index (χ1v) is 10.5. The molecule has 1 aliphatic heterocycles. The molecule has 1 aliphatic carbocycles. The molecule has 0 radical (unpaired) electrons. The van der Waals surface area contributed by atoms with Crippen molar-refractivity contribution in [3.8, 4) is 0 Å². The fourth-order valence-corrected chi connectivity index (χ4v) is 6.50. The molecule has 0 saturated carbocycles. The van der Waals surface area contributed by atoms with Crippen molar-refractivity contribution < 1.29 is 16.8 Å². The lowest BCUT2D eigenvalue weighted by atomic mass is 9.98. The van der Waals surface area contributed by atoms with E-state index in [1.54, 1.807) is 6.08 Å². The van der Waals surface area contributed by atoms with E-state index in [4.69, 9.17) is 0 Å². The molecule has 3 rings (SSSR count). The SMILES string of the molecule is CN([C@@H]1CCS(=O)(=O)C1)S(=O)(=O)C1=Cc2ccccc2CC1. The van der Waals surface area contributed by atoms with Crippen LogP contribution in [0.25, 0.3) is 6.08 Å². The highest BCUT2D eigenvalue weighted by Crippen LogP contribution is 2.30. The number of allylic oxidation sites excluding steroid dienone is 1. The second-order valence-electron chi connectivity index (χ2n) is 5.89. The summed E-state index contributed by atoms with van der Waals surface area (Å²) in [6.45, 7) is 0. The maximum atomic E-state index is 12.8. The third-order valence-corrected chi connectivity index (χ3v) is 8.24. The Labute approximate surface area is 131 Å². The Kier molecular flexibility index (Phi) is 3.91. The largest absolute Gasteiger partial charge is 0.239 e. The number of nitrogens with zero attached hydrogens (tertiary/aromatic N) is 1. The highest BCUT2D eigenvalue weighted by Gasteiger charge is 2.37. The van der Waals surface area contributed by atoms with Crippen molar-refractivity contribution in [3.63, 3.8) is 0 Å². The van der Waals surface area contributed by atoms with Crippen molar-refractivity contribution in [2.24, 2.45) is 0 Å². The van der Waals surface area contributed by atoms with E-state index in [1.807, 2.05) is 24.3 Å². The van der Waals surface area contributed by atoms with Gasteiger partial charge in [0.1, 0.15) is 0 Å². The number of benzene rings is 1. The van der Waals surface area contributed by atoms with Gasteiger partial charge >= 0.3 is 0 Å². The number of hydrogen-bond donors (Lipinski definition) is 0. The van der Waals surface area contributed by atoms with Crippen LogP contribution < -0.4 is 0 Å². The van der Waals surface area contributed by atoms with Gasteiger partial charge in [0.25, 0.3) is 0 Å². The third-order valence-electron chi connectivity index (χ3n) is 4.45. The molecule has 1 aromatic rings. The summed E-state index contributed by atoms with van der Waals surface area (Å²) in [6.07, 6.45) is 3.25. The molecule has 5 nitrogen and oxygen atoms in total. The number of fused-ring (bicyclic) bond motifs is 1. The first-order chi connectivity index (χ1) is 10.3. The zero-order valence-electron chi connectivity index (χ0n) is 12.4. The average Bonchev–Trinajstić information content (AvgIpc) is 2.86.